The van der Waals surface area contributed by atoms with Crippen LogP contribution in [0.1, 0.15) is 37.1 Å². The number of hydrogen-bond acceptors (Lipinski definition) is 3. The van der Waals surface area contributed by atoms with Gasteiger partial charge in [-0.25, -0.2) is 0 Å². The third-order valence-corrected chi connectivity index (χ3v) is 3.20. The maximum atomic E-state index is 11.3. The van der Waals surface area contributed by atoms with Crippen LogP contribution in [0, 0.1) is 0 Å². The first kappa shape index (κ1) is 14.3. The summed E-state index contributed by atoms with van der Waals surface area (Å²) in [5.74, 6) is -0.113. The number of furan rings is 1. The fourth-order valence-electron chi connectivity index (χ4n) is 2.21. The number of hydrogen-bond donors (Lipinski definition) is 2. The van der Waals surface area contributed by atoms with Gasteiger partial charge in [-0.3, -0.25) is 10.1 Å². The van der Waals surface area contributed by atoms with E-state index in [0.717, 1.165) is 17.7 Å². The van der Waals surface area contributed by atoms with E-state index < -0.39 is 12.0 Å². The highest BCUT2D eigenvalue weighted by molar-refractivity contribution is 5.73. The van der Waals surface area contributed by atoms with Crippen LogP contribution in [0.4, 0.5) is 0 Å². The first-order valence-electron chi connectivity index (χ1n) is 6.79. The molecule has 2 rings (SSSR count). The maximum absolute atomic E-state index is 11.3. The van der Waals surface area contributed by atoms with Crippen molar-refractivity contribution in [2.45, 2.75) is 31.8 Å². The Labute approximate surface area is 118 Å². The van der Waals surface area contributed by atoms with Crippen LogP contribution in [-0.4, -0.2) is 17.1 Å². The molecule has 2 atom stereocenters. The summed E-state index contributed by atoms with van der Waals surface area (Å²) in [6.07, 6.45) is 2.99. The molecule has 0 amide bonds. The molecule has 1 heterocycles. The predicted molar refractivity (Wildman–Crippen MR) is 76.5 cm³/mol. The normalized spacial score (nSPS) is 13.8. The van der Waals surface area contributed by atoms with Gasteiger partial charge < -0.3 is 9.52 Å². The molecule has 2 unspecified atom stereocenters. The molecule has 0 fully saturated rings. The number of carbonyl (C=O) groups is 1. The van der Waals surface area contributed by atoms with E-state index >= 15 is 0 Å². The lowest BCUT2D eigenvalue weighted by molar-refractivity contribution is -0.139. The SMILES string of the molecule is CCCC(NC(c1ccccc1)c1ccco1)C(=O)O. The van der Waals surface area contributed by atoms with Crippen LogP contribution in [-0.2, 0) is 4.79 Å². The van der Waals surface area contributed by atoms with Crippen molar-refractivity contribution in [3.05, 3.63) is 60.1 Å². The first-order valence-corrected chi connectivity index (χ1v) is 6.79. The van der Waals surface area contributed by atoms with Crippen LogP contribution < -0.4 is 5.32 Å². The van der Waals surface area contributed by atoms with Gasteiger partial charge in [0.15, 0.2) is 0 Å². The zero-order valence-electron chi connectivity index (χ0n) is 11.5. The average molecular weight is 273 g/mol. The highest BCUT2D eigenvalue weighted by atomic mass is 16.4. The highest BCUT2D eigenvalue weighted by Crippen LogP contribution is 2.23. The zero-order valence-corrected chi connectivity index (χ0v) is 11.5. The lowest BCUT2D eigenvalue weighted by atomic mass is 10.0. The number of nitrogens with one attached hydrogen (secondary N) is 1. The minimum atomic E-state index is -0.834. The Morgan fingerprint density at radius 3 is 2.55 bits per heavy atom. The van der Waals surface area contributed by atoms with Gasteiger partial charge in [0.1, 0.15) is 11.8 Å². The molecule has 106 valence electrons. The van der Waals surface area contributed by atoms with Gasteiger partial charge >= 0.3 is 5.97 Å². The van der Waals surface area contributed by atoms with Crippen molar-refractivity contribution in [2.24, 2.45) is 0 Å². The maximum Gasteiger partial charge on any atom is 0.320 e. The largest absolute Gasteiger partial charge is 0.480 e. The third-order valence-electron chi connectivity index (χ3n) is 3.20. The van der Waals surface area contributed by atoms with Gasteiger partial charge in [-0.05, 0) is 24.1 Å². The van der Waals surface area contributed by atoms with Crippen molar-refractivity contribution in [1.82, 2.24) is 5.32 Å². The Morgan fingerprint density at radius 2 is 2.00 bits per heavy atom. The number of carboxylic acid groups (broad SMARTS) is 1. The predicted octanol–water partition coefficient (Wildman–Crippen LogP) is 3.21. The van der Waals surface area contributed by atoms with Crippen molar-refractivity contribution in [2.75, 3.05) is 0 Å². The summed E-state index contributed by atoms with van der Waals surface area (Å²) in [4.78, 5) is 11.3. The smallest absolute Gasteiger partial charge is 0.320 e. The lowest BCUT2D eigenvalue weighted by Crippen LogP contribution is -2.39. The van der Waals surface area contributed by atoms with Crippen molar-refractivity contribution in [3.8, 4) is 0 Å². The summed E-state index contributed by atoms with van der Waals surface area (Å²) in [6, 6.07) is 12.6. The molecule has 0 aliphatic carbocycles. The van der Waals surface area contributed by atoms with E-state index in [9.17, 15) is 9.90 Å². The second-order valence-electron chi connectivity index (χ2n) is 4.71. The van der Waals surface area contributed by atoms with Gasteiger partial charge in [0, 0.05) is 0 Å². The number of benzene rings is 1. The van der Waals surface area contributed by atoms with E-state index in [1.807, 2.05) is 49.4 Å². The molecule has 1 aromatic carbocycles. The Morgan fingerprint density at radius 1 is 1.25 bits per heavy atom. The monoisotopic (exact) mass is 273 g/mol. The van der Waals surface area contributed by atoms with Crippen LogP contribution in [0.3, 0.4) is 0 Å². The molecule has 4 nitrogen and oxygen atoms in total. The molecule has 4 heteroatoms. The Balaban J connectivity index is 2.26. The van der Waals surface area contributed by atoms with Crippen LogP contribution in [0.15, 0.2) is 53.1 Å². The third kappa shape index (κ3) is 3.48. The van der Waals surface area contributed by atoms with E-state index in [2.05, 4.69) is 5.32 Å². The molecule has 0 spiro atoms. The summed E-state index contributed by atoms with van der Waals surface area (Å²) in [7, 11) is 0. The van der Waals surface area contributed by atoms with E-state index in [4.69, 9.17) is 4.42 Å². The summed E-state index contributed by atoms with van der Waals surface area (Å²) in [6.45, 7) is 1.97. The topological polar surface area (TPSA) is 62.5 Å². The molecule has 0 radical (unpaired) electrons. The Hall–Kier alpha value is -2.07. The summed E-state index contributed by atoms with van der Waals surface area (Å²) in [5, 5.41) is 12.5. The van der Waals surface area contributed by atoms with E-state index in [-0.39, 0.29) is 6.04 Å². The molecule has 0 aliphatic heterocycles. The summed E-state index contributed by atoms with van der Waals surface area (Å²) in [5.41, 5.74) is 0.991. The standard InChI is InChI=1S/C16H19NO3/c1-2-7-13(16(18)19)17-15(14-10-6-11-20-14)12-8-4-3-5-9-12/h3-6,8-11,13,15,17H,2,7H2,1H3,(H,18,19). The van der Waals surface area contributed by atoms with Crippen molar-refractivity contribution < 1.29 is 14.3 Å². The van der Waals surface area contributed by atoms with Crippen LogP contribution >= 0.6 is 0 Å². The van der Waals surface area contributed by atoms with Gasteiger partial charge in [-0.1, -0.05) is 43.7 Å². The van der Waals surface area contributed by atoms with Gasteiger partial charge in [-0.15, -0.1) is 0 Å². The van der Waals surface area contributed by atoms with Crippen LogP contribution in [0.2, 0.25) is 0 Å². The highest BCUT2D eigenvalue weighted by Gasteiger charge is 2.24. The Bertz CT molecular complexity index is 522. The molecular formula is C16H19NO3. The molecule has 0 bridgehead atoms. The minimum absolute atomic E-state index is 0.251. The molecule has 2 aromatic rings. The number of carboxylic acids is 1. The molecule has 2 N–H and O–H groups in total. The molecular weight excluding hydrogens is 254 g/mol. The van der Waals surface area contributed by atoms with E-state index in [1.54, 1.807) is 6.26 Å². The first-order chi connectivity index (χ1) is 9.72. The second-order valence-corrected chi connectivity index (χ2v) is 4.71. The lowest BCUT2D eigenvalue weighted by Gasteiger charge is -2.22. The van der Waals surface area contributed by atoms with Gasteiger partial charge in [0.2, 0.25) is 0 Å². The van der Waals surface area contributed by atoms with E-state index in [1.165, 1.54) is 0 Å². The van der Waals surface area contributed by atoms with Crippen LogP contribution in [0.5, 0.6) is 0 Å². The fourth-order valence-corrected chi connectivity index (χ4v) is 2.21. The van der Waals surface area contributed by atoms with Crippen molar-refractivity contribution >= 4 is 5.97 Å². The van der Waals surface area contributed by atoms with Gasteiger partial charge in [-0.2, -0.15) is 0 Å². The van der Waals surface area contributed by atoms with Gasteiger partial charge in [0.05, 0.1) is 12.3 Å². The molecule has 0 saturated heterocycles. The number of rotatable bonds is 7. The second kappa shape index (κ2) is 6.91. The average Bonchev–Trinajstić information content (AvgIpc) is 2.98. The Kier molecular flexibility index (Phi) is 4.96. The van der Waals surface area contributed by atoms with Crippen LogP contribution in [0.25, 0.3) is 0 Å². The van der Waals surface area contributed by atoms with Gasteiger partial charge in [0.25, 0.3) is 0 Å². The zero-order chi connectivity index (χ0) is 14.4. The number of aliphatic carboxylic acids is 1. The summed E-state index contributed by atoms with van der Waals surface area (Å²) >= 11 is 0. The molecule has 1 aromatic heterocycles. The van der Waals surface area contributed by atoms with Crippen molar-refractivity contribution in [1.29, 1.82) is 0 Å². The van der Waals surface area contributed by atoms with E-state index in [0.29, 0.717) is 6.42 Å². The minimum Gasteiger partial charge on any atom is -0.480 e. The quantitative estimate of drug-likeness (QED) is 0.813. The molecule has 20 heavy (non-hydrogen) atoms. The molecule has 0 saturated carbocycles. The fraction of sp³-hybridized carbons (Fsp3) is 0.312. The molecule has 0 aliphatic rings. The van der Waals surface area contributed by atoms with Crippen molar-refractivity contribution in [3.63, 3.8) is 0 Å². The summed E-state index contributed by atoms with van der Waals surface area (Å²) < 4.78 is 5.45.